The standard InChI is InChI=1S/C27H23N3O4/c31-24(30-21-10-4-1-7-18(21)13-14-19-8-2-5-11-22(19)30)17-29-25(32)27(28-26(29)33)15-16-34-23-12-6-3-9-20(23)27/h1-12H,13-17H2,(H,28,33)/t27-/m0/s1. The number of benzene rings is 3. The highest BCUT2D eigenvalue weighted by Gasteiger charge is 2.55. The third-order valence-electron chi connectivity index (χ3n) is 6.93. The lowest BCUT2D eigenvalue weighted by atomic mass is 9.84. The van der Waals surface area contributed by atoms with Gasteiger partial charge in [0, 0.05) is 12.0 Å². The Kier molecular flexibility index (Phi) is 4.65. The van der Waals surface area contributed by atoms with Gasteiger partial charge in [-0.05, 0) is 42.2 Å². The zero-order chi connectivity index (χ0) is 23.3. The van der Waals surface area contributed by atoms with Crippen LogP contribution in [0, 0.1) is 0 Å². The Bertz CT molecular complexity index is 1290. The molecule has 1 atom stereocenters. The minimum Gasteiger partial charge on any atom is -0.493 e. The molecule has 1 N–H and O–H groups in total. The molecular weight excluding hydrogens is 430 g/mol. The van der Waals surface area contributed by atoms with Gasteiger partial charge in [-0.25, -0.2) is 4.79 Å². The molecule has 1 fully saturated rings. The van der Waals surface area contributed by atoms with Crippen molar-refractivity contribution in [3.05, 3.63) is 89.5 Å². The lowest BCUT2D eigenvalue weighted by molar-refractivity contribution is -0.135. The number of nitrogens with zero attached hydrogens (tertiary/aromatic N) is 2. The predicted octanol–water partition coefficient (Wildman–Crippen LogP) is 3.68. The summed E-state index contributed by atoms with van der Waals surface area (Å²) in [4.78, 5) is 43.1. The minimum absolute atomic E-state index is 0.303. The number of imide groups is 1. The maximum Gasteiger partial charge on any atom is 0.325 e. The van der Waals surface area contributed by atoms with E-state index in [1.165, 1.54) is 0 Å². The molecule has 7 nitrogen and oxygen atoms in total. The van der Waals surface area contributed by atoms with Crippen molar-refractivity contribution < 1.29 is 19.1 Å². The first-order chi connectivity index (χ1) is 16.6. The number of aryl methyl sites for hydroxylation is 2. The molecule has 1 saturated heterocycles. The van der Waals surface area contributed by atoms with Crippen molar-refractivity contribution in [3.63, 3.8) is 0 Å². The van der Waals surface area contributed by atoms with Gasteiger partial charge < -0.3 is 10.1 Å². The van der Waals surface area contributed by atoms with Gasteiger partial charge in [-0.15, -0.1) is 0 Å². The Labute approximate surface area is 196 Å². The van der Waals surface area contributed by atoms with Gasteiger partial charge in [0.1, 0.15) is 12.3 Å². The Balaban J connectivity index is 1.36. The number of para-hydroxylation sites is 3. The normalized spacial score (nSPS) is 20.7. The molecule has 6 rings (SSSR count). The number of hydrogen-bond acceptors (Lipinski definition) is 4. The molecule has 3 heterocycles. The summed E-state index contributed by atoms with van der Waals surface area (Å²) < 4.78 is 5.70. The number of fused-ring (bicyclic) bond motifs is 4. The first kappa shape index (κ1) is 20.5. The Morgan fingerprint density at radius 1 is 0.882 bits per heavy atom. The van der Waals surface area contributed by atoms with E-state index in [2.05, 4.69) is 5.32 Å². The number of hydrogen-bond donors (Lipinski definition) is 1. The lowest BCUT2D eigenvalue weighted by Gasteiger charge is -2.33. The Hall–Kier alpha value is -4.13. The Morgan fingerprint density at radius 3 is 2.21 bits per heavy atom. The molecule has 0 aliphatic carbocycles. The van der Waals surface area contributed by atoms with Crippen molar-refractivity contribution in [2.75, 3.05) is 18.1 Å². The highest BCUT2D eigenvalue weighted by molar-refractivity contribution is 6.12. The number of urea groups is 1. The van der Waals surface area contributed by atoms with Crippen molar-refractivity contribution >= 4 is 29.2 Å². The SMILES string of the molecule is O=C1N[C@]2(CCOc3ccccc32)C(=O)N1CC(=O)N1c2ccccc2CCc2ccccc21. The lowest BCUT2D eigenvalue weighted by Crippen LogP contribution is -2.48. The van der Waals surface area contributed by atoms with Gasteiger partial charge in [0.25, 0.3) is 11.8 Å². The quantitative estimate of drug-likeness (QED) is 0.601. The van der Waals surface area contributed by atoms with Gasteiger partial charge in [-0.1, -0.05) is 54.6 Å². The molecule has 7 heteroatoms. The van der Waals surface area contributed by atoms with E-state index in [9.17, 15) is 14.4 Å². The fourth-order valence-corrected chi connectivity index (χ4v) is 5.27. The first-order valence-electron chi connectivity index (χ1n) is 11.4. The summed E-state index contributed by atoms with van der Waals surface area (Å²) in [7, 11) is 0. The number of rotatable bonds is 2. The van der Waals surface area contributed by atoms with E-state index in [-0.39, 0.29) is 12.5 Å². The summed E-state index contributed by atoms with van der Waals surface area (Å²) in [5.41, 5.74) is 3.10. The van der Waals surface area contributed by atoms with Crippen LogP contribution < -0.4 is 15.0 Å². The summed E-state index contributed by atoms with van der Waals surface area (Å²) in [6.45, 7) is -0.0458. The molecule has 0 aromatic heterocycles. The molecule has 1 spiro atoms. The van der Waals surface area contributed by atoms with E-state index < -0.39 is 17.5 Å². The number of nitrogens with one attached hydrogen (secondary N) is 1. The monoisotopic (exact) mass is 453 g/mol. The number of amides is 4. The highest BCUT2D eigenvalue weighted by Crippen LogP contribution is 2.41. The van der Waals surface area contributed by atoms with Crippen molar-refractivity contribution in [1.82, 2.24) is 10.2 Å². The summed E-state index contributed by atoms with van der Waals surface area (Å²) >= 11 is 0. The second-order valence-electron chi connectivity index (χ2n) is 8.81. The second kappa shape index (κ2) is 7.73. The fourth-order valence-electron chi connectivity index (χ4n) is 5.27. The van der Waals surface area contributed by atoms with Crippen LogP contribution >= 0.6 is 0 Å². The third-order valence-corrected chi connectivity index (χ3v) is 6.93. The number of ether oxygens (including phenoxy) is 1. The van der Waals surface area contributed by atoms with Crippen LogP contribution in [0.25, 0.3) is 0 Å². The van der Waals surface area contributed by atoms with E-state index in [1.54, 1.807) is 17.0 Å². The van der Waals surface area contributed by atoms with Crippen LogP contribution in [0.1, 0.15) is 23.1 Å². The minimum atomic E-state index is -1.21. The van der Waals surface area contributed by atoms with Crippen LogP contribution in [0.4, 0.5) is 16.2 Å². The summed E-state index contributed by atoms with van der Waals surface area (Å²) in [5, 5.41) is 2.87. The number of anilines is 2. The molecule has 0 unspecified atom stereocenters. The Morgan fingerprint density at radius 2 is 1.50 bits per heavy atom. The van der Waals surface area contributed by atoms with Gasteiger partial charge in [0.2, 0.25) is 0 Å². The first-order valence-corrected chi connectivity index (χ1v) is 11.4. The van der Waals surface area contributed by atoms with Crippen molar-refractivity contribution in [2.24, 2.45) is 0 Å². The smallest absolute Gasteiger partial charge is 0.325 e. The summed E-state index contributed by atoms with van der Waals surface area (Å²) in [6.07, 6.45) is 1.93. The summed E-state index contributed by atoms with van der Waals surface area (Å²) in [6, 6.07) is 22.2. The molecule has 3 aliphatic heterocycles. The predicted molar refractivity (Wildman–Crippen MR) is 126 cm³/mol. The van der Waals surface area contributed by atoms with Crippen LogP contribution in [0.2, 0.25) is 0 Å². The van der Waals surface area contributed by atoms with Gasteiger partial charge in [-0.3, -0.25) is 19.4 Å². The van der Waals surface area contributed by atoms with E-state index in [0.29, 0.717) is 24.3 Å². The van der Waals surface area contributed by atoms with Gasteiger partial charge in [0.05, 0.1) is 18.0 Å². The van der Waals surface area contributed by atoms with Gasteiger partial charge >= 0.3 is 6.03 Å². The molecule has 0 radical (unpaired) electrons. The zero-order valence-corrected chi connectivity index (χ0v) is 18.5. The van der Waals surface area contributed by atoms with Crippen molar-refractivity contribution in [1.29, 1.82) is 0 Å². The number of carbonyl (C=O) groups is 3. The molecule has 0 bridgehead atoms. The third kappa shape index (κ3) is 3.00. The zero-order valence-electron chi connectivity index (χ0n) is 18.5. The largest absolute Gasteiger partial charge is 0.493 e. The maximum absolute atomic E-state index is 13.8. The molecular formula is C27H23N3O4. The van der Waals surface area contributed by atoms with Crippen molar-refractivity contribution in [3.8, 4) is 5.75 Å². The fraction of sp³-hybridized carbons (Fsp3) is 0.222. The topological polar surface area (TPSA) is 79.0 Å². The molecule has 34 heavy (non-hydrogen) atoms. The highest BCUT2D eigenvalue weighted by atomic mass is 16.5. The summed E-state index contributed by atoms with van der Waals surface area (Å²) in [5.74, 6) is -0.174. The number of carbonyl (C=O) groups excluding carboxylic acids is 3. The average molecular weight is 453 g/mol. The maximum atomic E-state index is 13.8. The van der Waals surface area contributed by atoms with Crippen LogP contribution in [0.5, 0.6) is 5.75 Å². The van der Waals surface area contributed by atoms with E-state index in [0.717, 1.165) is 40.2 Å². The van der Waals surface area contributed by atoms with Crippen LogP contribution in [0.3, 0.4) is 0 Å². The van der Waals surface area contributed by atoms with E-state index >= 15 is 0 Å². The molecule has 4 amide bonds. The molecule has 0 saturated carbocycles. The van der Waals surface area contributed by atoms with Crippen LogP contribution in [0.15, 0.2) is 72.8 Å². The molecule has 3 aliphatic rings. The molecule has 3 aromatic rings. The van der Waals surface area contributed by atoms with Crippen LogP contribution in [-0.4, -0.2) is 35.9 Å². The van der Waals surface area contributed by atoms with Crippen molar-refractivity contribution in [2.45, 2.75) is 24.8 Å². The second-order valence-corrected chi connectivity index (χ2v) is 8.81. The molecule has 170 valence electrons. The van der Waals surface area contributed by atoms with Gasteiger partial charge in [-0.2, -0.15) is 0 Å². The molecule has 3 aromatic carbocycles. The van der Waals surface area contributed by atoms with Gasteiger partial charge in [0.15, 0.2) is 5.54 Å². The van der Waals surface area contributed by atoms with Crippen LogP contribution in [-0.2, 0) is 28.0 Å². The van der Waals surface area contributed by atoms with E-state index in [4.69, 9.17) is 4.74 Å². The average Bonchev–Trinajstić information content (AvgIpc) is 3.00. The van der Waals surface area contributed by atoms with E-state index in [1.807, 2.05) is 60.7 Å².